The number of rotatable bonds is 1. The third kappa shape index (κ3) is 1.32. The van der Waals surface area contributed by atoms with Gasteiger partial charge in [0.2, 0.25) is 0 Å². The van der Waals surface area contributed by atoms with E-state index in [1.165, 1.54) is 11.7 Å². The second-order valence-electron chi connectivity index (χ2n) is 1.88. The first-order valence-electron chi connectivity index (χ1n) is 2.65. The van der Waals surface area contributed by atoms with Crippen LogP contribution in [0.15, 0.2) is 0 Å². The zero-order valence-electron chi connectivity index (χ0n) is 5.51. The SMILES string of the molecule is Cn1nc(C(=O)O)c(Cl)c1Cl. The molecule has 0 aliphatic carbocycles. The summed E-state index contributed by atoms with van der Waals surface area (Å²) in [5.74, 6) is -1.18. The second-order valence-corrected chi connectivity index (χ2v) is 2.62. The van der Waals surface area contributed by atoms with Gasteiger partial charge in [-0.3, -0.25) is 4.68 Å². The van der Waals surface area contributed by atoms with Gasteiger partial charge in [0.1, 0.15) is 10.2 Å². The number of carbonyl (C=O) groups is 1. The van der Waals surface area contributed by atoms with Crippen LogP contribution in [0.25, 0.3) is 0 Å². The van der Waals surface area contributed by atoms with Crippen molar-refractivity contribution in [3.8, 4) is 0 Å². The summed E-state index contributed by atoms with van der Waals surface area (Å²) in [6.45, 7) is 0. The van der Waals surface area contributed by atoms with Crippen molar-refractivity contribution in [2.24, 2.45) is 7.05 Å². The van der Waals surface area contributed by atoms with Crippen molar-refractivity contribution >= 4 is 29.2 Å². The third-order valence-electron chi connectivity index (χ3n) is 1.13. The number of carboxylic acids is 1. The molecule has 0 aromatic carbocycles. The quantitative estimate of drug-likeness (QED) is 0.737. The molecule has 0 unspecified atom stereocenters. The van der Waals surface area contributed by atoms with Gasteiger partial charge in [0.25, 0.3) is 0 Å². The highest BCUT2D eigenvalue weighted by Crippen LogP contribution is 2.24. The van der Waals surface area contributed by atoms with Crippen molar-refractivity contribution < 1.29 is 9.90 Å². The van der Waals surface area contributed by atoms with Gasteiger partial charge in [-0.15, -0.1) is 0 Å². The van der Waals surface area contributed by atoms with Crippen LogP contribution in [0.4, 0.5) is 0 Å². The van der Waals surface area contributed by atoms with Crippen LogP contribution in [-0.4, -0.2) is 20.9 Å². The second kappa shape index (κ2) is 2.71. The Morgan fingerprint density at radius 1 is 1.64 bits per heavy atom. The summed E-state index contributed by atoms with van der Waals surface area (Å²) in [7, 11) is 1.51. The number of hydrogen-bond acceptors (Lipinski definition) is 2. The van der Waals surface area contributed by atoms with E-state index in [2.05, 4.69) is 5.10 Å². The normalized spacial score (nSPS) is 10.1. The van der Waals surface area contributed by atoms with Crippen LogP contribution >= 0.6 is 23.2 Å². The number of nitrogens with zero attached hydrogens (tertiary/aromatic N) is 2. The highest BCUT2D eigenvalue weighted by molar-refractivity contribution is 6.43. The minimum absolute atomic E-state index is 0.0262. The largest absolute Gasteiger partial charge is 0.476 e. The molecule has 0 spiro atoms. The number of hydrogen-bond donors (Lipinski definition) is 1. The first kappa shape index (κ1) is 8.36. The Labute approximate surface area is 72.3 Å². The van der Waals surface area contributed by atoms with Crippen LogP contribution in [0.5, 0.6) is 0 Å². The Kier molecular flexibility index (Phi) is 2.06. The van der Waals surface area contributed by atoms with Crippen molar-refractivity contribution in [3.05, 3.63) is 15.9 Å². The van der Waals surface area contributed by atoms with Crippen molar-refractivity contribution in [2.45, 2.75) is 0 Å². The summed E-state index contributed by atoms with van der Waals surface area (Å²) < 4.78 is 1.20. The molecule has 1 aromatic rings. The van der Waals surface area contributed by atoms with E-state index in [1.807, 2.05) is 0 Å². The minimum atomic E-state index is -1.18. The highest BCUT2D eigenvalue weighted by Gasteiger charge is 2.17. The summed E-state index contributed by atoms with van der Waals surface area (Å²) in [5, 5.41) is 12.1. The highest BCUT2D eigenvalue weighted by atomic mass is 35.5. The number of aryl methyl sites for hydroxylation is 1. The molecule has 1 aromatic heterocycles. The van der Waals surface area contributed by atoms with Crippen molar-refractivity contribution in [3.63, 3.8) is 0 Å². The standard InChI is InChI=1S/C5H4Cl2N2O2/c1-9-4(7)2(6)3(8-9)5(10)11/h1H3,(H,10,11). The van der Waals surface area contributed by atoms with Crippen LogP contribution in [0.2, 0.25) is 10.2 Å². The third-order valence-corrected chi connectivity index (χ3v) is 2.01. The molecule has 1 N–H and O–H groups in total. The summed E-state index contributed by atoms with van der Waals surface area (Å²) in [6.07, 6.45) is 0. The lowest BCUT2D eigenvalue weighted by molar-refractivity contribution is 0.0690. The average Bonchev–Trinajstić information content (AvgIpc) is 2.17. The Morgan fingerprint density at radius 3 is 2.36 bits per heavy atom. The summed E-state index contributed by atoms with van der Waals surface area (Å²) in [6, 6.07) is 0. The summed E-state index contributed by atoms with van der Waals surface area (Å²) >= 11 is 11.1. The molecule has 0 amide bonds. The van der Waals surface area contributed by atoms with Gasteiger partial charge >= 0.3 is 5.97 Å². The van der Waals surface area contributed by atoms with E-state index >= 15 is 0 Å². The van der Waals surface area contributed by atoms with Gasteiger partial charge in [-0.05, 0) is 0 Å². The monoisotopic (exact) mass is 194 g/mol. The topological polar surface area (TPSA) is 55.1 Å². The molecule has 0 radical (unpaired) electrons. The Hall–Kier alpha value is -0.740. The maximum atomic E-state index is 10.4. The van der Waals surface area contributed by atoms with E-state index in [4.69, 9.17) is 28.3 Å². The van der Waals surface area contributed by atoms with Gasteiger partial charge < -0.3 is 5.11 Å². The smallest absolute Gasteiger partial charge is 0.358 e. The molecule has 1 heterocycles. The predicted molar refractivity (Wildman–Crippen MR) is 40.2 cm³/mol. The fourth-order valence-electron chi connectivity index (χ4n) is 0.614. The van der Waals surface area contributed by atoms with Gasteiger partial charge in [-0.2, -0.15) is 5.10 Å². The van der Waals surface area contributed by atoms with Crippen molar-refractivity contribution in [2.75, 3.05) is 0 Å². The Bertz CT molecular complexity index is 308. The van der Waals surface area contributed by atoms with Gasteiger partial charge in [0.15, 0.2) is 5.69 Å². The number of aromatic nitrogens is 2. The van der Waals surface area contributed by atoms with Gasteiger partial charge in [-0.1, -0.05) is 23.2 Å². The van der Waals surface area contributed by atoms with Crippen LogP contribution in [-0.2, 0) is 7.05 Å². The van der Waals surface area contributed by atoms with E-state index < -0.39 is 5.97 Å². The first-order valence-corrected chi connectivity index (χ1v) is 3.41. The molecule has 60 valence electrons. The molecule has 0 aliphatic rings. The average molecular weight is 195 g/mol. The van der Waals surface area contributed by atoms with Crippen LogP contribution in [0.3, 0.4) is 0 Å². The van der Waals surface area contributed by atoms with Crippen LogP contribution < -0.4 is 0 Å². The number of halogens is 2. The van der Waals surface area contributed by atoms with E-state index in [9.17, 15) is 4.79 Å². The molecular formula is C5H4Cl2N2O2. The van der Waals surface area contributed by atoms with Gasteiger partial charge in [0, 0.05) is 7.05 Å². The molecule has 1 rings (SSSR count). The molecule has 11 heavy (non-hydrogen) atoms. The molecule has 0 bridgehead atoms. The van der Waals surface area contributed by atoms with Crippen molar-refractivity contribution in [1.82, 2.24) is 9.78 Å². The van der Waals surface area contributed by atoms with E-state index in [1.54, 1.807) is 0 Å². The number of carboxylic acid groups (broad SMARTS) is 1. The maximum absolute atomic E-state index is 10.4. The van der Waals surface area contributed by atoms with Crippen LogP contribution in [0, 0.1) is 0 Å². The molecule has 0 saturated heterocycles. The molecular weight excluding hydrogens is 191 g/mol. The lowest BCUT2D eigenvalue weighted by atomic mass is 10.4. The Morgan fingerprint density at radius 2 is 2.18 bits per heavy atom. The molecule has 0 fully saturated rings. The van der Waals surface area contributed by atoms with E-state index in [-0.39, 0.29) is 15.9 Å². The molecule has 0 saturated carbocycles. The van der Waals surface area contributed by atoms with E-state index in [0.29, 0.717) is 0 Å². The minimum Gasteiger partial charge on any atom is -0.476 e. The lowest BCUT2D eigenvalue weighted by Gasteiger charge is -1.86. The predicted octanol–water partition coefficient (Wildman–Crippen LogP) is 1.43. The van der Waals surface area contributed by atoms with E-state index in [0.717, 1.165) is 0 Å². The molecule has 4 nitrogen and oxygen atoms in total. The molecule has 0 aliphatic heterocycles. The Balaban J connectivity index is 3.29. The maximum Gasteiger partial charge on any atom is 0.358 e. The zero-order valence-corrected chi connectivity index (χ0v) is 7.02. The van der Waals surface area contributed by atoms with Crippen molar-refractivity contribution in [1.29, 1.82) is 0 Å². The first-order chi connectivity index (χ1) is 5.04. The zero-order chi connectivity index (χ0) is 8.59. The fourth-order valence-corrected chi connectivity index (χ4v) is 0.982. The van der Waals surface area contributed by atoms with Gasteiger partial charge in [-0.25, -0.2) is 4.79 Å². The van der Waals surface area contributed by atoms with Crippen LogP contribution in [0.1, 0.15) is 10.5 Å². The lowest BCUT2D eigenvalue weighted by Crippen LogP contribution is -1.99. The summed E-state index contributed by atoms with van der Waals surface area (Å²) in [4.78, 5) is 10.4. The molecule has 6 heteroatoms. The number of aromatic carboxylic acids is 1. The fraction of sp³-hybridized carbons (Fsp3) is 0.200. The van der Waals surface area contributed by atoms with Gasteiger partial charge in [0.05, 0.1) is 0 Å². The summed E-state index contributed by atoms with van der Waals surface area (Å²) in [5.41, 5.74) is -0.223. The molecule has 0 atom stereocenters.